The Morgan fingerprint density at radius 1 is 1.00 bits per heavy atom. The molecular formula is C17H19BrN6. The Morgan fingerprint density at radius 2 is 1.75 bits per heavy atom. The largest absolute Gasteiger partial charge is 0.369 e. The first-order chi connectivity index (χ1) is 11.7. The van der Waals surface area contributed by atoms with Gasteiger partial charge in [-0.25, -0.2) is 9.50 Å². The molecule has 24 heavy (non-hydrogen) atoms. The molecule has 1 saturated heterocycles. The minimum absolute atomic E-state index is 0.576. The molecule has 7 heteroatoms. The van der Waals surface area contributed by atoms with Crippen molar-refractivity contribution in [1.29, 1.82) is 0 Å². The lowest BCUT2D eigenvalue weighted by atomic mass is 10.2. The van der Waals surface area contributed by atoms with Crippen LogP contribution in [0.4, 0.5) is 17.3 Å². The Hall–Kier alpha value is -2.12. The molecule has 1 N–H and O–H groups in total. The number of piperazine rings is 1. The first-order valence-electron chi connectivity index (χ1n) is 8.00. The van der Waals surface area contributed by atoms with Crippen LogP contribution in [0.2, 0.25) is 0 Å². The monoisotopic (exact) mass is 386 g/mol. The standard InChI is InChI=1S/C17H19BrN6/c1-22-8-10-23(11-9-22)14-4-2-13(3-5-14)20-17-19-12-15-6-7-16(18)24(15)21-17/h2-7,12H,8-11H2,1H3,(H,20,21). The molecular weight excluding hydrogens is 368 g/mol. The van der Waals surface area contributed by atoms with Crippen molar-refractivity contribution in [2.24, 2.45) is 0 Å². The number of hydrogen-bond acceptors (Lipinski definition) is 5. The lowest BCUT2D eigenvalue weighted by Gasteiger charge is -2.34. The summed E-state index contributed by atoms with van der Waals surface area (Å²) in [5.74, 6) is 0.576. The van der Waals surface area contributed by atoms with Crippen LogP contribution >= 0.6 is 15.9 Å². The Labute approximate surface area is 149 Å². The van der Waals surface area contributed by atoms with E-state index in [1.807, 2.05) is 16.6 Å². The van der Waals surface area contributed by atoms with Gasteiger partial charge in [-0.3, -0.25) is 0 Å². The first-order valence-corrected chi connectivity index (χ1v) is 8.79. The van der Waals surface area contributed by atoms with E-state index >= 15 is 0 Å². The number of anilines is 3. The number of nitrogens with zero attached hydrogens (tertiary/aromatic N) is 5. The van der Waals surface area contributed by atoms with Crippen molar-refractivity contribution in [3.05, 3.63) is 47.2 Å². The number of benzene rings is 1. The van der Waals surface area contributed by atoms with Crippen molar-refractivity contribution in [2.45, 2.75) is 0 Å². The second kappa shape index (κ2) is 6.41. The third kappa shape index (κ3) is 3.09. The Morgan fingerprint density at radius 3 is 2.50 bits per heavy atom. The average Bonchev–Trinajstić information content (AvgIpc) is 2.97. The smallest absolute Gasteiger partial charge is 0.245 e. The van der Waals surface area contributed by atoms with Crippen LogP contribution in [0.15, 0.2) is 47.2 Å². The topological polar surface area (TPSA) is 48.7 Å². The maximum Gasteiger partial charge on any atom is 0.245 e. The minimum atomic E-state index is 0.576. The van der Waals surface area contributed by atoms with E-state index in [-0.39, 0.29) is 0 Å². The maximum atomic E-state index is 4.48. The van der Waals surface area contributed by atoms with Crippen LogP contribution in [0.5, 0.6) is 0 Å². The SMILES string of the molecule is CN1CCN(c2ccc(Nc3ncc4ccc(Br)n4n3)cc2)CC1. The van der Waals surface area contributed by atoms with Gasteiger partial charge in [0.15, 0.2) is 0 Å². The highest BCUT2D eigenvalue weighted by molar-refractivity contribution is 9.10. The van der Waals surface area contributed by atoms with E-state index < -0.39 is 0 Å². The second-order valence-electron chi connectivity index (χ2n) is 6.04. The zero-order chi connectivity index (χ0) is 16.5. The summed E-state index contributed by atoms with van der Waals surface area (Å²) in [5, 5.41) is 7.74. The molecule has 0 bridgehead atoms. The van der Waals surface area contributed by atoms with Gasteiger partial charge in [-0.05, 0) is 59.4 Å². The van der Waals surface area contributed by atoms with Crippen molar-refractivity contribution in [2.75, 3.05) is 43.4 Å². The van der Waals surface area contributed by atoms with Gasteiger partial charge in [0.25, 0.3) is 0 Å². The molecule has 1 aromatic carbocycles. The summed E-state index contributed by atoms with van der Waals surface area (Å²) in [6.07, 6.45) is 1.80. The highest BCUT2D eigenvalue weighted by Crippen LogP contribution is 2.21. The van der Waals surface area contributed by atoms with Gasteiger partial charge < -0.3 is 15.1 Å². The molecule has 3 heterocycles. The van der Waals surface area contributed by atoms with Gasteiger partial charge in [-0.1, -0.05) is 0 Å². The highest BCUT2D eigenvalue weighted by atomic mass is 79.9. The molecule has 4 rings (SSSR count). The first kappa shape index (κ1) is 15.4. The number of likely N-dealkylation sites (N-methyl/N-ethyl adjacent to an activating group) is 1. The molecule has 2 aromatic heterocycles. The summed E-state index contributed by atoms with van der Waals surface area (Å²) in [4.78, 5) is 9.14. The van der Waals surface area contributed by atoms with Crippen LogP contribution in [0, 0.1) is 0 Å². The van der Waals surface area contributed by atoms with E-state index in [1.165, 1.54) is 5.69 Å². The van der Waals surface area contributed by atoms with E-state index in [0.717, 1.165) is 42.0 Å². The molecule has 0 aliphatic carbocycles. The van der Waals surface area contributed by atoms with Gasteiger partial charge in [-0.15, -0.1) is 5.10 Å². The molecule has 0 spiro atoms. The summed E-state index contributed by atoms with van der Waals surface area (Å²) >= 11 is 3.48. The summed E-state index contributed by atoms with van der Waals surface area (Å²) in [6.45, 7) is 4.37. The molecule has 1 aliphatic rings. The molecule has 0 radical (unpaired) electrons. The Bertz CT molecular complexity index is 836. The molecule has 6 nitrogen and oxygen atoms in total. The number of fused-ring (bicyclic) bond motifs is 1. The van der Waals surface area contributed by atoms with Gasteiger partial charge >= 0.3 is 0 Å². The van der Waals surface area contributed by atoms with Crippen molar-refractivity contribution in [3.63, 3.8) is 0 Å². The van der Waals surface area contributed by atoms with Crippen molar-refractivity contribution < 1.29 is 0 Å². The van der Waals surface area contributed by atoms with Crippen LogP contribution in [0.1, 0.15) is 0 Å². The second-order valence-corrected chi connectivity index (χ2v) is 6.85. The van der Waals surface area contributed by atoms with E-state index in [9.17, 15) is 0 Å². The van der Waals surface area contributed by atoms with E-state index in [0.29, 0.717) is 5.95 Å². The third-order valence-electron chi connectivity index (χ3n) is 4.34. The van der Waals surface area contributed by atoms with Crippen LogP contribution in [-0.4, -0.2) is 52.7 Å². The zero-order valence-electron chi connectivity index (χ0n) is 13.5. The predicted molar refractivity (Wildman–Crippen MR) is 100 cm³/mol. The summed E-state index contributed by atoms with van der Waals surface area (Å²) < 4.78 is 2.72. The summed E-state index contributed by atoms with van der Waals surface area (Å²) in [7, 11) is 2.17. The van der Waals surface area contributed by atoms with Gasteiger partial charge in [0.1, 0.15) is 4.60 Å². The molecule has 1 fully saturated rings. The van der Waals surface area contributed by atoms with Crippen molar-refractivity contribution >= 4 is 38.8 Å². The molecule has 0 atom stereocenters. The maximum absolute atomic E-state index is 4.48. The molecule has 0 amide bonds. The summed E-state index contributed by atoms with van der Waals surface area (Å²) in [6, 6.07) is 12.4. The fraction of sp³-hybridized carbons (Fsp3) is 0.294. The van der Waals surface area contributed by atoms with Crippen LogP contribution < -0.4 is 10.2 Å². The van der Waals surface area contributed by atoms with Gasteiger partial charge in [0.05, 0.1) is 11.7 Å². The number of halogens is 1. The normalized spacial score (nSPS) is 15.8. The Balaban J connectivity index is 1.49. The lowest BCUT2D eigenvalue weighted by Crippen LogP contribution is -2.44. The number of hydrogen-bond donors (Lipinski definition) is 1. The number of nitrogens with one attached hydrogen (secondary N) is 1. The van der Waals surface area contributed by atoms with Crippen LogP contribution in [-0.2, 0) is 0 Å². The number of aromatic nitrogens is 3. The number of rotatable bonds is 3. The van der Waals surface area contributed by atoms with Gasteiger partial charge in [0, 0.05) is 37.6 Å². The van der Waals surface area contributed by atoms with E-state index in [2.05, 4.69) is 72.4 Å². The van der Waals surface area contributed by atoms with E-state index in [4.69, 9.17) is 0 Å². The fourth-order valence-corrected chi connectivity index (χ4v) is 3.29. The molecule has 0 unspecified atom stereocenters. The van der Waals surface area contributed by atoms with Crippen LogP contribution in [0.25, 0.3) is 5.52 Å². The van der Waals surface area contributed by atoms with E-state index in [1.54, 1.807) is 6.20 Å². The Kier molecular flexibility index (Phi) is 4.12. The lowest BCUT2D eigenvalue weighted by molar-refractivity contribution is 0.313. The highest BCUT2D eigenvalue weighted by Gasteiger charge is 2.14. The fourth-order valence-electron chi connectivity index (χ4n) is 2.88. The van der Waals surface area contributed by atoms with Crippen molar-refractivity contribution in [1.82, 2.24) is 19.5 Å². The molecule has 124 valence electrons. The van der Waals surface area contributed by atoms with Crippen molar-refractivity contribution in [3.8, 4) is 0 Å². The summed E-state index contributed by atoms with van der Waals surface area (Å²) in [5.41, 5.74) is 3.20. The van der Waals surface area contributed by atoms with Gasteiger partial charge in [-0.2, -0.15) is 0 Å². The molecule has 3 aromatic rings. The third-order valence-corrected chi connectivity index (χ3v) is 4.94. The minimum Gasteiger partial charge on any atom is -0.369 e. The zero-order valence-corrected chi connectivity index (χ0v) is 15.1. The predicted octanol–water partition coefficient (Wildman–Crippen LogP) is 2.99. The quantitative estimate of drug-likeness (QED) is 0.749. The van der Waals surface area contributed by atoms with Gasteiger partial charge in [0.2, 0.25) is 5.95 Å². The molecule has 1 aliphatic heterocycles. The molecule has 0 saturated carbocycles. The average molecular weight is 387 g/mol. The van der Waals surface area contributed by atoms with Crippen LogP contribution in [0.3, 0.4) is 0 Å².